The van der Waals surface area contributed by atoms with Gasteiger partial charge in [-0.2, -0.15) is 0 Å². The number of anilines is 1. The fourth-order valence-corrected chi connectivity index (χ4v) is 9.46. The number of nitrogen functional groups attached to an aromatic ring is 1. The van der Waals surface area contributed by atoms with Crippen molar-refractivity contribution in [3.05, 3.63) is 12.7 Å². The van der Waals surface area contributed by atoms with Crippen LogP contribution in [0, 0.1) is 0 Å². The zero-order valence-corrected chi connectivity index (χ0v) is 39.4. The van der Waals surface area contributed by atoms with Crippen LogP contribution in [0.5, 0.6) is 0 Å². The van der Waals surface area contributed by atoms with Crippen LogP contribution < -0.4 is 5.73 Å². The van der Waals surface area contributed by atoms with Crippen molar-refractivity contribution in [2.75, 3.05) is 46.6 Å². The van der Waals surface area contributed by atoms with Crippen molar-refractivity contribution in [3.63, 3.8) is 0 Å². The lowest BCUT2D eigenvalue weighted by Crippen LogP contribution is -2.37. The monoisotopic (exact) mass is 866 g/mol. The smallest absolute Gasteiger partial charge is 0.382 e. The molecule has 346 valence electrons. The van der Waals surface area contributed by atoms with Crippen molar-refractivity contribution in [3.8, 4) is 0 Å². The maximum Gasteiger partial charge on any atom is 0.472 e. The molecule has 0 radical (unpaired) electrons. The van der Waals surface area contributed by atoms with E-state index in [2.05, 4.69) is 28.8 Å². The molecule has 0 amide bonds. The van der Waals surface area contributed by atoms with E-state index in [1.807, 2.05) is 25.7 Å². The number of imidazole rings is 1. The Labute approximate surface area is 363 Å². The van der Waals surface area contributed by atoms with Crippen molar-refractivity contribution >= 4 is 24.8 Å². The van der Waals surface area contributed by atoms with Gasteiger partial charge >= 0.3 is 7.82 Å². The molecule has 2 aromatic rings. The van der Waals surface area contributed by atoms with Crippen molar-refractivity contribution in [2.45, 2.75) is 224 Å². The third kappa shape index (κ3) is 18.2. The Morgan fingerprint density at radius 3 is 1.65 bits per heavy atom. The van der Waals surface area contributed by atoms with E-state index in [9.17, 15) is 9.46 Å². The third-order valence-electron chi connectivity index (χ3n) is 12.4. The first-order valence-electron chi connectivity index (χ1n) is 24.3. The Hall–Kier alpha value is -1.70. The second-order valence-electron chi connectivity index (χ2n) is 18.8. The van der Waals surface area contributed by atoms with E-state index in [1.54, 1.807) is 6.33 Å². The number of phosphoric acid groups is 1. The van der Waals surface area contributed by atoms with E-state index in [4.69, 9.17) is 29.0 Å². The van der Waals surface area contributed by atoms with Gasteiger partial charge in [-0.3, -0.25) is 13.6 Å². The lowest BCUT2D eigenvalue weighted by molar-refractivity contribution is -0.870. The van der Waals surface area contributed by atoms with Crippen LogP contribution in [0.25, 0.3) is 11.2 Å². The topological polar surface area (TPSA) is 153 Å². The number of nitrogens with zero attached hydrogens (tertiary/aromatic N) is 5. The van der Waals surface area contributed by atoms with Crippen LogP contribution in [0.3, 0.4) is 0 Å². The summed E-state index contributed by atoms with van der Waals surface area (Å²) in [5.74, 6) is -0.511. The highest BCUT2D eigenvalue weighted by molar-refractivity contribution is 7.47. The summed E-state index contributed by atoms with van der Waals surface area (Å²) in [6.45, 7) is 4.99. The molecule has 4 heterocycles. The molecular formula is C46H86N6O7P+. The summed E-state index contributed by atoms with van der Waals surface area (Å²) in [5.41, 5.74) is 7.18. The molecule has 13 nitrogen and oxygen atoms in total. The van der Waals surface area contributed by atoms with Gasteiger partial charge in [-0.1, -0.05) is 168 Å². The summed E-state index contributed by atoms with van der Waals surface area (Å²) in [4.78, 5) is 23.8. The number of phosphoric ester groups is 1. The maximum atomic E-state index is 13.0. The van der Waals surface area contributed by atoms with Crippen molar-refractivity contribution in [1.29, 1.82) is 0 Å². The van der Waals surface area contributed by atoms with E-state index >= 15 is 0 Å². The Morgan fingerprint density at radius 1 is 0.700 bits per heavy atom. The van der Waals surface area contributed by atoms with Gasteiger partial charge in [0.2, 0.25) is 0 Å². The fraction of sp³-hybridized carbons (Fsp3) is 0.891. The molecule has 0 aromatic carbocycles. The quantitative estimate of drug-likeness (QED) is 0.0382. The van der Waals surface area contributed by atoms with Gasteiger partial charge in [0.25, 0.3) is 0 Å². The third-order valence-corrected chi connectivity index (χ3v) is 13.4. The van der Waals surface area contributed by atoms with Crippen LogP contribution in [0.2, 0.25) is 0 Å². The molecule has 60 heavy (non-hydrogen) atoms. The van der Waals surface area contributed by atoms with E-state index in [0.717, 1.165) is 38.5 Å². The standard InChI is InChI=1S/C46H85N6O7P/c1-6-8-10-12-14-16-18-20-22-24-26-28-30-32-46(33-31-29-27-25-23-21-19-17-15-13-11-9-7-2)58-41-39(36-56-60(53,54)55-35-34-52(3,4)5)57-45(42(41)59-46)51-38-50-40-43(47)48-37-49-44(40)51/h37-39,41-42,45H,6-36H2,1-5H3,(H2-,47,48,49,53,54)/p+1/t39-,41-,42-,45-/m1/s1. The zero-order valence-electron chi connectivity index (χ0n) is 38.5. The highest BCUT2D eigenvalue weighted by Gasteiger charge is 2.59. The summed E-state index contributed by atoms with van der Waals surface area (Å²) in [5, 5.41) is 0. The van der Waals surface area contributed by atoms with Gasteiger partial charge in [0, 0.05) is 12.8 Å². The van der Waals surface area contributed by atoms with E-state index < -0.39 is 38.1 Å². The zero-order chi connectivity index (χ0) is 43.1. The molecule has 2 fully saturated rings. The van der Waals surface area contributed by atoms with E-state index in [0.29, 0.717) is 22.2 Å². The Morgan fingerprint density at radius 2 is 1.17 bits per heavy atom. The molecule has 0 bridgehead atoms. The van der Waals surface area contributed by atoms with Crippen molar-refractivity contribution in [2.24, 2.45) is 0 Å². The number of quaternary nitrogens is 1. The lowest BCUT2D eigenvalue weighted by Gasteiger charge is -2.32. The Bertz CT molecular complexity index is 1460. The fourth-order valence-electron chi connectivity index (χ4n) is 8.73. The minimum absolute atomic E-state index is 0.0839. The SMILES string of the molecule is CCCCCCCCCCCCCCCC1(CCCCCCCCCCCCCCC)O[C@@H]2[C@H](O1)[C@@H](COP(=O)(O)OCC[N+](C)(C)C)O[C@H]2n1cnc2c(N)ncnc21. The first kappa shape index (κ1) is 50.9. The molecule has 0 aliphatic carbocycles. The van der Waals surface area contributed by atoms with Gasteiger partial charge in [0.1, 0.15) is 43.3 Å². The average molecular weight is 866 g/mol. The molecule has 2 aliphatic rings. The number of aromatic nitrogens is 4. The number of unbranched alkanes of at least 4 members (excludes halogenated alkanes) is 24. The van der Waals surface area contributed by atoms with Gasteiger partial charge in [-0.05, 0) is 12.8 Å². The summed E-state index contributed by atoms with van der Waals surface area (Å²) < 4.78 is 47.0. The molecule has 0 spiro atoms. The largest absolute Gasteiger partial charge is 0.472 e. The highest BCUT2D eigenvalue weighted by atomic mass is 31.2. The summed E-state index contributed by atoms with van der Waals surface area (Å²) >= 11 is 0. The number of rotatable bonds is 36. The number of hydrogen-bond acceptors (Lipinski definition) is 10. The van der Waals surface area contributed by atoms with Gasteiger partial charge in [0.15, 0.2) is 23.5 Å². The molecule has 0 saturated carbocycles. The Kier molecular flexibility index (Phi) is 23.3. The molecular weight excluding hydrogens is 780 g/mol. The molecule has 5 atom stereocenters. The predicted molar refractivity (Wildman–Crippen MR) is 241 cm³/mol. The first-order chi connectivity index (χ1) is 29.0. The number of nitrogens with two attached hydrogens (primary N) is 1. The van der Waals surface area contributed by atoms with Crippen LogP contribution in [-0.2, 0) is 27.8 Å². The molecule has 3 N–H and O–H groups in total. The maximum absolute atomic E-state index is 13.0. The van der Waals surface area contributed by atoms with Crippen LogP contribution in [0.4, 0.5) is 5.82 Å². The minimum atomic E-state index is -4.36. The summed E-state index contributed by atoms with van der Waals surface area (Å²) in [6.07, 6.45) is 35.8. The van der Waals surface area contributed by atoms with Gasteiger partial charge in [-0.25, -0.2) is 19.5 Å². The Balaban J connectivity index is 1.36. The van der Waals surface area contributed by atoms with Crippen LogP contribution in [0.1, 0.15) is 200 Å². The molecule has 2 aromatic heterocycles. The predicted octanol–water partition coefficient (Wildman–Crippen LogP) is 11.6. The van der Waals surface area contributed by atoms with Crippen molar-refractivity contribution < 1.29 is 37.2 Å². The molecule has 4 rings (SSSR count). The van der Waals surface area contributed by atoms with Crippen LogP contribution in [0.15, 0.2) is 12.7 Å². The number of likely N-dealkylation sites (N-methyl/N-ethyl adjacent to an activating group) is 1. The summed E-state index contributed by atoms with van der Waals surface area (Å²) in [7, 11) is 1.64. The minimum Gasteiger partial charge on any atom is -0.382 e. The number of hydrogen-bond donors (Lipinski definition) is 2. The second-order valence-corrected chi connectivity index (χ2v) is 20.3. The second kappa shape index (κ2) is 27.5. The normalized spacial score (nSPS) is 21.2. The highest BCUT2D eigenvalue weighted by Crippen LogP contribution is 2.50. The number of fused-ring (bicyclic) bond motifs is 2. The van der Waals surface area contributed by atoms with Gasteiger partial charge in [0.05, 0.1) is 34.1 Å². The first-order valence-corrected chi connectivity index (χ1v) is 25.8. The summed E-state index contributed by atoms with van der Waals surface area (Å²) in [6, 6.07) is 0. The van der Waals surface area contributed by atoms with Gasteiger partial charge in [-0.15, -0.1) is 0 Å². The molecule has 14 heteroatoms. The van der Waals surface area contributed by atoms with Crippen molar-refractivity contribution in [1.82, 2.24) is 19.5 Å². The average Bonchev–Trinajstić information content (AvgIpc) is 3.90. The van der Waals surface area contributed by atoms with E-state index in [-0.39, 0.29) is 19.0 Å². The van der Waals surface area contributed by atoms with Crippen LogP contribution >= 0.6 is 7.82 Å². The molecule has 2 aliphatic heterocycles. The van der Waals surface area contributed by atoms with Crippen LogP contribution in [-0.4, -0.2) is 93.9 Å². The lowest BCUT2D eigenvalue weighted by atomic mass is 9.98. The molecule has 2 saturated heterocycles. The van der Waals surface area contributed by atoms with Gasteiger partial charge < -0.3 is 29.3 Å². The molecule has 1 unspecified atom stereocenters. The number of ether oxygens (including phenoxy) is 3. The van der Waals surface area contributed by atoms with E-state index in [1.165, 1.54) is 148 Å².